The van der Waals surface area contributed by atoms with E-state index < -0.39 is 0 Å². The molecule has 2 rings (SSSR count). The highest BCUT2D eigenvalue weighted by Gasteiger charge is 2.11. The van der Waals surface area contributed by atoms with Crippen LogP contribution < -0.4 is 5.32 Å². The van der Waals surface area contributed by atoms with Crippen LogP contribution in [-0.4, -0.2) is 6.54 Å². The van der Waals surface area contributed by atoms with Crippen LogP contribution in [0, 0.1) is 12.7 Å². The molecule has 0 saturated carbocycles. The van der Waals surface area contributed by atoms with E-state index in [1.807, 2.05) is 25.1 Å². The number of nitrogens with one attached hydrogen (secondary N) is 1. The molecule has 0 radical (unpaired) electrons. The highest BCUT2D eigenvalue weighted by atomic mass is 19.1. The van der Waals surface area contributed by atoms with E-state index in [1.165, 1.54) is 11.6 Å². The first kappa shape index (κ1) is 13.8. The predicted octanol–water partition coefficient (Wildman–Crippen LogP) is 4.01. The summed E-state index contributed by atoms with van der Waals surface area (Å²) in [6, 6.07) is 9.11. The Labute approximate surface area is 113 Å². The number of aryl methyl sites for hydroxylation is 1. The van der Waals surface area contributed by atoms with E-state index in [-0.39, 0.29) is 11.9 Å². The molecule has 2 nitrogen and oxygen atoms in total. The van der Waals surface area contributed by atoms with Crippen LogP contribution in [-0.2, 0) is 6.42 Å². The van der Waals surface area contributed by atoms with Crippen LogP contribution in [0.5, 0.6) is 0 Å². The number of benzene rings is 1. The van der Waals surface area contributed by atoms with Crippen molar-refractivity contribution in [1.82, 2.24) is 5.32 Å². The molecular weight excluding hydrogens is 241 g/mol. The van der Waals surface area contributed by atoms with Gasteiger partial charge in [0.15, 0.2) is 0 Å². The molecule has 102 valence electrons. The molecule has 0 aliphatic rings. The minimum Gasteiger partial charge on any atom is -0.468 e. The third-order valence-electron chi connectivity index (χ3n) is 3.38. The molecule has 3 heteroatoms. The third-order valence-corrected chi connectivity index (χ3v) is 3.38. The van der Waals surface area contributed by atoms with Crippen molar-refractivity contribution in [3.05, 3.63) is 59.3 Å². The second-order valence-electron chi connectivity index (χ2n) is 4.75. The maximum atomic E-state index is 13.0. The molecule has 1 aromatic carbocycles. The Bertz CT molecular complexity index is 507. The maximum absolute atomic E-state index is 13.0. The normalized spacial score (nSPS) is 12.6. The van der Waals surface area contributed by atoms with Crippen molar-refractivity contribution in [2.24, 2.45) is 0 Å². The van der Waals surface area contributed by atoms with Crippen molar-refractivity contribution in [3.63, 3.8) is 0 Å². The summed E-state index contributed by atoms with van der Waals surface area (Å²) in [4.78, 5) is 0. The van der Waals surface area contributed by atoms with Crippen LogP contribution in [0.2, 0.25) is 0 Å². The molecule has 0 aliphatic carbocycles. The van der Waals surface area contributed by atoms with Crippen molar-refractivity contribution in [3.8, 4) is 0 Å². The fraction of sp³-hybridized carbons (Fsp3) is 0.375. The SMILES string of the molecule is CCC(NCCc1ccc(F)cc1C)c1ccco1. The maximum Gasteiger partial charge on any atom is 0.123 e. The minimum absolute atomic E-state index is 0.170. The van der Waals surface area contributed by atoms with Gasteiger partial charge in [0.05, 0.1) is 12.3 Å². The molecule has 1 N–H and O–H groups in total. The summed E-state index contributed by atoms with van der Waals surface area (Å²) >= 11 is 0. The number of halogens is 1. The molecule has 1 unspecified atom stereocenters. The Morgan fingerprint density at radius 2 is 2.16 bits per heavy atom. The topological polar surface area (TPSA) is 25.2 Å². The molecule has 2 aromatic rings. The molecule has 0 fully saturated rings. The lowest BCUT2D eigenvalue weighted by atomic mass is 10.1. The van der Waals surface area contributed by atoms with Crippen LogP contribution in [0.1, 0.15) is 36.3 Å². The van der Waals surface area contributed by atoms with Crippen molar-refractivity contribution < 1.29 is 8.81 Å². The van der Waals surface area contributed by atoms with Gasteiger partial charge in [-0.1, -0.05) is 13.0 Å². The van der Waals surface area contributed by atoms with E-state index in [0.29, 0.717) is 0 Å². The molecule has 19 heavy (non-hydrogen) atoms. The van der Waals surface area contributed by atoms with Crippen molar-refractivity contribution in [1.29, 1.82) is 0 Å². The van der Waals surface area contributed by atoms with E-state index in [1.54, 1.807) is 12.3 Å². The first-order chi connectivity index (χ1) is 9.20. The van der Waals surface area contributed by atoms with Crippen LogP contribution in [0.25, 0.3) is 0 Å². The van der Waals surface area contributed by atoms with E-state index in [4.69, 9.17) is 4.42 Å². The van der Waals surface area contributed by atoms with E-state index in [0.717, 1.165) is 30.7 Å². The summed E-state index contributed by atoms with van der Waals surface area (Å²) in [5, 5.41) is 3.47. The largest absolute Gasteiger partial charge is 0.468 e. The van der Waals surface area contributed by atoms with Gasteiger partial charge in [-0.2, -0.15) is 0 Å². The molecule has 1 heterocycles. The first-order valence-electron chi connectivity index (χ1n) is 6.72. The molecule has 1 atom stereocenters. The molecular formula is C16H20FNO. The van der Waals surface area contributed by atoms with Gasteiger partial charge in [-0.15, -0.1) is 0 Å². The lowest BCUT2D eigenvalue weighted by Gasteiger charge is -2.15. The molecule has 0 aliphatic heterocycles. The lowest BCUT2D eigenvalue weighted by molar-refractivity contribution is 0.406. The Balaban J connectivity index is 1.89. The molecule has 0 spiro atoms. The van der Waals surface area contributed by atoms with Gasteiger partial charge in [-0.05, 0) is 61.7 Å². The van der Waals surface area contributed by atoms with E-state index in [9.17, 15) is 4.39 Å². The third kappa shape index (κ3) is 3.67. The van der Waals surface area contributed by atoms with Gasteiger partial charge >= 0.3 is 0 Å². The Hall–Kier alpha value is -1.61. The standard InChI is InChI=1S/C16H20FNO/c1-3-15(16-5-4-10-19-16)18-9-8-13-6-7-14(17)11-12(13)2/h4-7,10-11,15,18H,3,8-9H2,1-2H3. The Kier molecular flexibility index (Phi) is 4.74. The zero-order valence-electron chi connectivity index (χ0n) is 11.4. The average molecular weight is 261 g/mol. The van der Waals surface area contributed by atoms with E-state index in [2.05, 4.69) is 12.2 Å². The summed E-state index contributed by atoms with van der Waals surface area (Å²) in [7, 11) is 0. The Morgan fingerprint density at radius 3 is 2.79 bits per heavy atom. The molecule has 0 amide bonds. The quantitative estimate of drug-likeness (QED) is 0.850. The summed E-state index contributed by atoms with van der Waals surface area (Å²) in [5.74, 6) is 0.801. The van der Waals surface area contributed by atoms with Crippen molar-refractivity contribution in [2.45, 2.75) is 32.7 Å². The summed E-state index contributed by atoms with van der Waals surface area (Å²) in [5.41, 5.74) is 2.19. The second-order valence-corrected chi connectivity index (χ2v) is 4.75. The van der Waals surface area contributed by atoms with Crippen LogP contribution >= 0.6 is 0 Å². The molecule has 0 saturated heterocycles. The number of furan rings is 1. The van der Waals surface area contributed by atoms with Gasteiger partial charge in [-0.3, -0.25) is 0 Å². The van der Waals surface area contributed by atoms with Gasteiger partial charge in [-0.25, -0.2) is 4.39 Å². The van der Waals surface area contributed by atoms with Gasteiger partial charge in [0, 0.05) is 0 Å². The fourth-order valence-corrected chi connectivity index (χ4v) is 2.26. The zero-order valence-corrected chi connectivity index (χ0v) is 11.4. The van der Waals surface area contributed by atoms with Gasteiger partial charge < -0.3 is 9.73 Å². The second kappa shape index (κ2) is 6.53. The zero-order chi connectivity index (χ0) is 13.7. The Morgan fingerprint density at radius 1 is 1.32 bits per heavy atom. The summed E-state index contributed by atoms with van der Waals surface area (Å²) in [6.07, 6.45) is 3.57. The fourth-order valence-electron chi connectivity index (χ4n) is 2.26. The number of hydrogen-bond donors (Lipinski definition) is 1. The highest BCUT2D eigenvalue weighted by molar-refractivity contribution is 5.26. The van der Waals surface area contributed by atoms with E-state index >= 15 is 0 Å². The van der Waals surface area contributed by atoms with Crippen molar-refractivity contribution in [2.75, 3.05) is 6.54 Å². The van der Waals surface area contributed by atoms with Crippen LogP contribution in [0.15, 0.2) is 41.0 Å². The summed E-state index contributed by atoms with van der Waals surface area (Å²) in [6.45, 7) is 4.93. The van der Waals surface area contributed by atoms with Gasteiger partial charge in [0.2, 0.25) is 0 Å². The van der Waals surface area contributed by atoms with Crippen molar-refractivity contribution >= 4 is 0 Å². The average Bonchev–Trinajstić information content (AvgIpc) is 2.90. The minimum atomic E-state index is -0.170. The first-order valence-corrected chi connectivity index (χ1v) is 6.72. The summed E-state index contributed by atoms with van der Waals surface area (Å²) < 4.78 is 18.4. The lowest BCUT2D eigenvalue weighted by Crippen LogP contribution is -2.23. The smallest absolute Gasteiger partial charge is 0.123 e. The molecule has 0 bridgehead atoms. The number of rotatable bonds is 6. The predicted molar refractivity (Wildman–Crippen MR) is 74.6 cm³/mol. The monoisotopic (exact) mass is 261 g/mol. The number of hydrogen-bond acceptors (Lipinski definition) is 2. The molecule has 1 aromatic heterocycles. The van der Waals surface area contributed by atoms with Gasteiger partial charge in [0.25, 0.3) is 0 Å². The van der Waals surface area contributed by atoms with Gasteiger partial charge in [0.1, 0.15) is 11.6 Å². The highest BCUT2D eigenvalue weighted by Crippen LogP contribution is 2.17. The van der Waals surface area contributed by atoms with Crippen LogP contribution in [0.4, 0.5) is 4.39 Å². The van der Waals surface area contributed by atoms with Crippen LogP contribution in [0.3, 0.4) is 0 Å².